The normalized spacial score (nSPS) is 17.5. The van der Waals surface area contributed by atoms with Crippen LogP contribution >= 0.6 is 0 Å². The minimum absolute atomic E-state index is 0.00334. The van der Waals surface area contributed by atoms with Crippen LogP contribution in [0.15, 0.2) is 48.9 Å². The molecule has 0 radical (unpaired) electrons. The third kappa shape index (κ3) is 4.35. The van der Waals surface area contributed by atoms with Gasteiger partial charge in [0.05, 0.1) is 31.0 Å². The van der Waals surface area contributed by atoms with E-state index in [-0.39, 0.29) is 17.9 Å². The monoisotopic (exact) mass is 405 g/mol. The van der Waals surface area contributed by atoms with Gasteiger partial charge in [0.25, 0.3) is 0 Å². The van der Waals surface area contributed by atoms with E-state index in [2.05, 4.69) is 32.1 Å². The smallest absolute Gasteiger partial charge is 0.225 e. The number of nitrogens with one attached hydrogen (secondary N) is 1. The van der Waals surface area contributed by atoms with Gasteiger partial charge in [-0.15, -0.1) is 0 Å². The number of hydrogen-bond donors (Lipinski definition) is 1. The van der Waals surface area contributed by atoms with Crippen LogP contribution in [0, 0.1) is 5.92 Å². The maximum Gasteiger partial charge on any atom is 0.225 e. The number of ether oxygens (including phenoxy) is 1. The lowest BCUT2D eigenvalue weighted by Gasteiger charge is -2.34. The molecule has 2 atom stereocenters. The van der Waals surface area contributed by atoms with E-state index in [9.17, 15) is 4.79 Å². The Morgan fingerprint density at radius 1 is 1.23 bits per heavy atom. The van der Waals surface area contributed by atoms with Crippen molar-refractivity contribution in [2.45, 2.75) is 32.2 Å². The SMILES string of the molecule is CC[C@@H](NC(=O)[C@@H]1CCCN(c2cnc3nccnc3c2)C1)c1ccc(OC)cc1. The molecule has 0 unspecified atom stereocenters. The number of rotatable bonds is 6. The standard InChI is InChI=1S/C23H27N5O2/c1-3-20(16-6-8-19(30-2)9-7-16)27-23(29)17-5-4-12-28(15-17)18-13-21-22(26-14-18)25-11-10-24-21/h6-11,13-14,17,20H,3-5,12,15H2,1-2H3,(H,27,29)/t17-,20-/m1/s1. The van der Waals surface area contributed by atoms with Crippen molar-refractivity contribution in [2.75, 3.05) is 25.1 Å². The van der Waals surface area contributed by atoms with Crippen molar-refractivity contribution in [3.05, 3.63) is 54.5 Å². The second-order valence-electron chi connectivity index (χ2n) is 7.62. The number of piperidine rings is 1. The predicted molar refractivity (Wildman–Crippen MR) is 116 cm³/mol. The lowest BCUT2D eigenvalue weighted by molar-refractivity contribution is -0.126. The number of carbonyl (C=O) groups excluding carboxylic acids is 1. The summed E-state index contributed by atoms with van der Waals surface area (Å²) in [5.74, 6) is 0.871. The Bertz CT molecular complexity index is 1010. The van der Waals surface area contributed by atoms with Crippen molar-refractivity contribution in [3.63, 3.8) is 0 Å². The maximum atomic E-state index is 13.1. The second-order valence-corrected chi connectivity index (χ2v) is 7.62. The van der Waals surface area contributed by atoms with Crippen LogP contribution in [0.2, 0.25) is 0 Å². The molecule has 3 aromatic rings. The summed E-state index contributed by atoms with van der Waals surface area (Å²) < 4.78 is 5.23. The molecule has 0 bridgehead atoms. The Balaban J connectivity index is 1.44. The van der Waals surface area contributed by atoms with Gasteiger partial charge in [-0.05, 0) is 43.0 Å². The van der Waals surface area contributed by atoms with E-state index in [1.54, 1.807) is 19.5 Å². The summed E-state index contributed by atoms with van der Waals surface area (Å²) in [6.07, 6.45) is 7.83. The fraction of sp³-hybridized carbons (Fsp3) is 0.391. The van der Waals surface area contributed by atoms with Crippen LogP contribution in [-0.2, 0) is 4.79 Å². The minimum atomic E-state index is -0.0522. The Morgan fingerprint density at radius 2 is 2.03 bits per heavy atom. The first kappa shape index (κ1) is 20.1. The molecule has 7 nitrogen and oxygen atoms in total. The first-order chi connectivity index (χ1) is 14.7. The van der Waals surface area contributed by atoms with Gasteiger partial charge in [-0.2, -0.15) is 0 Å². The lowest BCUT2D eigenvalue weighted by atomic mass is 9.95. The van der Waals surface area contributed by atoms with Crippen LogP contribution in [0.4, 0.5) is 5.69 Å². The number of fused-ring (bicyclic) bond motifs is 1. The molecule has 1 aliphatic heterocycles. The van der Waals surface area contributed by atoms with Gasteiger partial charge in [0.15, 0.2) is 5.65 Å². The molecule has 156 valence electrons. The molecular formula is C23H27N5O2. The van der Waals surface area contributed by atoms with E-state index in [0.717, 1.165) is 48.3 Å². The third-order valence-corrected chi connectivity index (χ3v) is 5.71. The van der Waals surface area contributed by atoms with Gasteiger partial charge >= 0.3 is 0 Å². The highest BCUT2D eigenvalue weighted by molar-refractivity contribution is 5.80. The molecule has 1 amide bonds. The number of carbonyl (C=O) groups is 1. The molecule has 4 rings (SSSR count). The number of hydrogen-bond acceptors (Lipinski definition) is 6. The summed E-state index contributed by atoms with van der Waals surface area (Å²) in [5.41, 5.74) is 3.49. The van der Waals surface area contributed by atoms with Crippen molar-refractivity contribution < 1.29 is 9.53 Å². The number of benzene rings is 1. The van der Waals surface area contributed by atoms with Crippen molar-refractivity contribution in [3.8, 4) is 5.75 Å². The van der Waals surface area contributed by atoms with Gasteiger partial charge in [0.1, 0.15) is 11.3 Å². The first-order valence-electron chi connectivity index (χ1n) is 10.4. The van der Waals surface area contributed by atoms with Crippen molar-refractivity contribution >= 4 is 22.8 Å². The van der Waals surface area contributed by atoms with Crippen molar-refractivity contribution in [1.29, 1.82) is 0 Å². The fourth-order valence-corrected chi connectivity index (χ4v) is 3.99. The predicted octanol–water partition coefficient (Wildman–Crippen LogP) is 3.52. The summed E-state index contributed by atoms with van der Waals surface area (Å²) in [4.78, 5) is 28.3. The van der Waals surface area contributed by atoms with Crippen LogP contribution in [0.1, 0.15) is 37.8 Å². The maximum absolute atomic E-state index is 13.1. The average molecular weight is 406 g/mol. The number of pyridine rings is 1. The summed E-state index contributed by atoms with van der Waals surface area (Å²) in [5, 5.41) is 3.25. The fourth-order valence-electron chi connectivity index (χ4n) is 3.99. The van der Waals surface area contributed by atoms with E-state index in [4.69, 9.17) is 4.74 Å². The van der Waals surface area contributed by atoms with Gasteiger partial charge < -0.3 is 15.0 Å². The second kappa shape index (κ2) is 9.07. The highest BCUT2D eigenvalue weighted by Crippen LogP contribution is 2.26. The number of aromatic nitrogens is 3. The number of amides is 1. The zero-order valence-electron chi connectivity index (χ0n) is 17.4. The van der Waals surface area contributed by atoms with Gasteiger partial charge in [-0.1, -0.05) is 19.1 Å². The van der Waals surface area contributed by atoms with E-state index in [1.807, 2.05) is 36.5 Å². The summed E-state index contributed by atoms with van der Waals surface area (Å²) in [6, 6.07) is 9.90. The van der Waals surface area contributed by atoms with Crippen molar-refractivity contribution in [1.82, 2.24) is 20.3 Å². The van der Waals surface area contributed by atoms with Crippen LogP contribution in [0.3, 0.4) is 0 Å². The van der Waals surface area contributed by atoms with Gasteiger partial charge in [-0.25, -0.2) is 9.97 Å². The first-order valence-corrected chi connectivity index (χ1v) is 10.4. The number of nitrogens with zero attached hydrogens (tertiary/aromatic N) is 4. The Hall–Kier alpha value is -3.22. The van der Waals surface area contributed by atoms with E-state index >= 15 is 0 Å². The molecule has 1 N–H and O–H groups in total. The highest BCUT2D eigenvalue weighted by Gasteiger charge is 2.28. The highest BCUT2D eigenvalue weighted by atomic mass is 16.5. The molecule has 0 aliphatic carbocycles. The van der Waals surface area contributed by atoms with Crippen LogP contribution in [0.25, 0.3) is 11.2 Å². The minimum Gasteiger partial charge on any atom is -0.497 e. The Labute approximate surface area is 176 Å². The molecule has 7 heteroatoms. The molecule has 0 saturated carbocycles. The van der Waals surface area contributed by atoms with Crippen LogP contribution < -0.4 is 15.0 Å². The summed E-state index contributed by atoms with van der Waals surface area (Å²) in [6.45, 7) is 3.68. The molecule has 1 fully saturated rings. The average Bonchev–Trinajstić information content (AvgIpc) is 2.82. The van der Waals surface area contributed by atoms with Crippen molar-refractivity contribution in [2.24, 2.45) is 5.92 Å². The number of methoxy groups -OCH3 is 1. The molecule has 1 aliphatic rings. The summed E-state index contributed by atoms with van der Waals surface area (Å²) >= 11 is 0. The Kier molecular flexibility index (Phi) is 6.07. The largest absolute Gasteiger partial charge is 0.497 e. The lowest BCUT2D eigenvalue weighted by Crippen LogP contribution is -2.44. The zero-order valence-corrected chi connectivity index (χ0v) is 17.4. The van der Waals surface area contributed by atoms with Gasteiger partial charge in [0.2, 0.25) is 5.91 Å². The third-order valence-electron chi connectivity index (χ3n) is 5.71. The number of anilines is 1. The molecule has 3 heterocycles. The van der Waals surface area contributed by atoms with Crippen LogP contribution in [0.5, 0.6) is 5.75 Å². The van der Waals surface area contributed by atoms with E-state index in [0.29, 0.717) is 12.2 Å². The Morgan fingerprint density at radius 3 is 2.80 bits per heavy atom. The molecule has 30 heavy (non-hydrogen) atoms. The molecule has 1 aromatic carbocycles. The van der Waals surface area contributed by atoms with Crippen LogP contribution in [-0.4, -0.2) is 41.1 Å². The zero-order chi connectivity index (χ0) is 20.9. The van der Waals surface area contributed by atoms with Gasteiger partial charge in [-0.3, -0.25) is 9.78 Å². The molecule has 0 spiro atoms. The van der Waals surface area contributed by atoms with Gasteiger partial charge in [0, 0.05) is 25.5 Å². The van der Waals surface area contributed by atoms with E-state index in [1.165, 1.54) is 0 Å². The molecule has 1 saturated heterocycles. The summed E-state index contributed by atoms with van der Waals surface area (Å²) in [7, 11) is 1.65. The van der Waals surface area contributed by atoms with E-state index < -0.39 is 0 Å². The molecular weight excluding hydrogens is 378 g/mol. The molecule has 2 aromatic heterocycles. The topological polar surface area (TPSA) is 80.2 Å². The quantitative estimate of drug-likeness (QED) is 0.676.